The van der Waals surface area contributed by atoms with Crippen LogP contribution >= 0.6 is 0 Å². The summed E-state index contributed by atoms with van der Waals surface area (Å²) in [6, 6.07) is 3.68. The number of hydrogen-bond donors (Lipinski definition) is 0. The van der Waals surface area contributed by atoms with Crippen LogP contribution in [0.5, 0.6) is 17.2 Å². The second-order valence-electron chi connectivity index (χ2n) is 7.40. The van der Waals surface area contributed by atoms with E-state index in [9.17, 15) is 17.2 Å². The van der Waals surface area contributed by atoms with Gasteiger partial charge in [-0.25, -0.2) is 13.1 Å². The van der Waals surface area contributed by atoms with Crippen LogP contribution in [0.25, 0.3) is 0 Å². The number of alkyl halides is 2. The van der Waals surface area contributed by atoms with Gasteiger partial charge in [-0.1, -0.05) is 6.07 Å². The number of hydrogen-bond acceptors (Lipinski definition) is 7. The molecular weight excluding hydrogens is 446 g/mol. The normalized spacial score (nSPS) is 15.9. The van der Waals surface area contributed by atoms with Crippen LogP contribution in [0.15, 0.2) is 17.0 Å². The Morgan fingerprint density at radius 2 is 1.62 bits per heavy atom. The summed E-state index contributed by atoms with van der Waals surface area (Å²) in [6.45, 7) is 1.81. The third kappa shape index (κ3) is 4.39. The standard InChI is InChI=1S/C20H28F2N4O5S/c1-13-19(14(2)26(23-13)20(21)22)32(27,28)25-10-8-24(9-11-25)12-15-6-7-16(29-3)18(31-5)17(15)30-4/h6-7,20H,8-12H2,1-5H3. The first-order valence-electron chi connectivity index (χ1n) is 9.99. The van der Waals surface area contributed by atoms with Crippen LogP contribution < -0.4 is 14.2 Å². The largest absolute Gasteiger partial charge is 0.493 e. The maximum absolute atomic E-state index is 13.1. The van der Waals surface area contributed by atoms with Crippen LogP contribution in [0.4, 0.5) is 8.78 Å². The predicted octanol–water partition coefficient (Wildman–Crippen LogP) is 2.43. The number of piperazine rings is 1. The van der Waals surface area contributed by atoms with E-state index in [0.29, 0.717) is 41.6 Å². The fraction of sp³-hybridized carbons (Fsp3) is 0.550. The van der Waals surface area contributed by atoms with Gasteiger partial charge in [-0.15, -0.1) is 0 Å². The molecule has 0 atom stereocenters. The highest BCUT2D eigenvalue weighted by atomic mass is 32.2. The number of sulfonamides is 1. The smallest absolute Gasteiger partial charge is 0.333 e. The van der Waals surface area contributed by atoms with Crippen LogP contribution in [0.2, 0.25) is 0 Å². The Bertz CT molecular complexity index is 1070. The number of nitrogens with zero attached hydrogens (tertiary/aromatic N) is 4. The zero-order valence-corrected chi connectivity index (χ0v) is 19.6. The molecule has 2 aromatic rings. The number of rotatable bonds is 8. The van der Waals surface area contributed by atoms with Crippen molar-refractivity contribution in [2.45, 2.75) is 31.8 Å². The van der Waals surface area contributed by atoms with Crippen molar-refractivity contribution in [1.82, 2.24) is 19.0 Å². The Morgan fingerprint density at radius 1 is 1.00 bits per heavy atom. The van der Waals surface area contributed by atoms with Crippen LogP contribution in [0, 0.1) is 13.8 Å². The van der Waals surface area contributed by atoms with Gasteiger partial charge < -0.3 is 14.2 Å². The van der Waals surface area contributed by atoms with Gasteiger partial charge in [-0.2, -0.15) is 18.2 Å². The molecular formula is C20H28F2N4O5S. The van der Waals surface area contributed by atoms with Crippen molar-refractivity contribution in [3.8, 4) is 17.2 Å². The molecule has 1 saturated heterocycles. The maximum Gasteiger partial charge on any atom is 0.333 e. The lowest BCUT2D eigenvalue weighted by atomic mass is 10.1. The highest BCUT2D eigenvalue weighted by Crippen LogP contribution is 2.40. The van der Waals surface area contributed by atoms with E-state index in [2.05, 4.69) is 10.00 Å². The van der Waals surface area contributed by atoms with Crippen molar-refractivity contribution >= 4 is 10.0 Å². The van der Waals surface area contributed by atoms with Gasteiger partial charge in [0.2, 0.25) is 15.8 Å². The Morgan fingerprint density at radius 3 is 2.12 bits per heavy atom. The molecule has 32 heavy (non-hydrogen) atoms. The highest BCUT2D eigenvalue weighted by Gasteiger charge is 2.34. The molecule has 1 aromatic carbocycles. The van der Waals surface area contributed by atoms with Crippen LogP contribution in [-0.4, -0.2) is 74.9 Å². The monoisotopic (exact) mass is 474 g/mol. The maximum atomic E-state index is 13.1. The molecule has 0 unspecified atom stereocenters. The zero-order valence-electron chi connectivity index (χ0n) is 18.8. The molecule has 1 aliphatic heterocycles. The molecule has 3 rings (SSSR count). The van der Waals surface area contributed by atoms with Crippen molar-refractivity contribution in [3.63, 3.8) is 0 Å². The molecule has 0 saturated carbocycles. The van der Waals surface area contributed by atoms with Gasteiger partial charge in [0.25, 0.3) is 0 Å². The minimum Gasteiger partial charge on any atom is -0.493 e. The Hall–Kier alpha value is -2.44. The van der Waals surface area contributed by atoms with Gasteiger partial charge in [0.15, 0.2) is 11.5 Å². The van der Waals surface area contributed by atoms with Crippen molar-refractivity contribution in [2.24, 2.45) is 0 Å². The summed E-state index contributed by atoms with van der Waals surface area (Å²) in [7, 11) is 0.697. The summed E-state index contributed by atoms with van der Waals surface area (Å²) in [5.74, 6) is 1.61. The third-order valence-corrected chi connectivity index (χ3v) is 7.70. The first kappa shape index (κ1) is 24.2. The fourth-order valence-electron chi connectivity index (χ4n) is 4.00. The highest BCUT2D eigenvalue weighted by molar-refractivity contribution is 7.89. The SMILES string of the molecule is COc1ccc(CN2CCN(S(=O)(=O)c3c(C)nn(C(F)F)c3C)CC2)c(OC)c1OC. The van der Waals surface area contributed by atoms with Crippen LogP contribution in [0.1, 0.15) is 23.5 Å². The molecule has 0 spiro atoms. The second-order valence-corrected chi connectivity index (χ2v) is 9.27. The summed E-state index contributed by atoms with van der Waals surface area (Å²) in [5, 5.41) is 3.71. The number of aromatic nitrogens is 2. The predicted molar refractivity (Wildman–Crippen MR) is 113 cm³/mol. The number of aryl methyl sites for hydroxylation is 1. The first-order valence-corrected chi connectivity index (χ1v) is 11.4. The summed E-state index contributed by atoms with van der Waals surface area (Å²) in [6.07, 6.45) is 0. The van der Waals surface area contributed by atoms with E-state index in [1.54, 1.807) is 20.3 Å². The zero-order chi connectivity index (χ0) is 23.6. The molecule has 0 bridgehead atoms. The van der Waals surface area contributed by atoms with Gasteiger partial charge in [-0.05, 0) is 19.9 Å². The van der Waals surface area contributed by atoms with Gasteiger partial charge in [-0.3, -0.25) is 4.90 Å². The molecule has 12 heteroatoms. The molecule has 1 fully saturated rings. The number of ether oxygens (including phenoxy) is 3. The molecule has 0 N–H and O–H groups in total. The first-order chi connectivity index (χ1) is 15.1. The quantitative estimate of drug-likeness (QED) is 0.581. The minimum atomic E-state index is -3.94. The lowest BCUT2D eigenvalue weighted by molar-refractivity contribution is 0.0538. The molecule has 0 amide bonds. The van der Waals surface area contributed by atoms with E-state index in [0.717, 1.165) is 5.56 Å². The van der Waals surface area contributed by atoms with Gasteiger partial charge in [0.05, 0.1) is 32.7 Å². The summed E-state index contributed by atoms with van der Waals surface area (Å²) >= 11 is 0. The summed E-state index contributed by atoms with van der Waals surface area (Å²) < 4.78 is 70.6. The van der Waals surface area contributed by atoms with Gasteiger partial charge in [0.1, 0.15) is 4.90 Å². The van der Waals surface area contributed by atoms with Crippen LogP contribution in [0.3, 0.4) is 0 Å². The molecule has 2 heterocycles. The summed E-state index contributed by atoms with van der Waals surface area (Å²) in [4.78, 5) is 1.95. The van der Waals surface area contributed by atoms with E-state index in [4.69, 9.17) is 14.2 Å². The van der Waals surface area contributed by atoms with Crippen molar-refractivity contribution in [2.75, 3.05) is 47.5 Å². The van der Waals surface area contributed by atoms with E-state index < -0.39 is 16.6 Å². The van der Waals surface area contributed by atoms with Crippen molar-refractivity contribution < 1.29 is 31.4 Å². The van der Waals surface area contributed by atoms with E-state index in [-0.39, 0.29) is 29.4 Å². The summed E-state index contributed by atoms with van der Waals surface area (Å²) in [5.41, 5.74) is 0.890. The molecule has 0 radical (unpaired) electrons. The Kier molecular flexibility index (Phi) is 7.25. The van der Waals surface area contributed by atoms with Crippen molar-refractivity contribution in [3.05, 3.63) is 29.1 Å². The second kappa shape index (κ2) is 9.59. The Balaban J connectivity index is 1.75. The Labute approximate surface area is 186 Å². The molecule has 1 aromatic heterocycles. The molecule has 9 nitrogen and oxygen atoms in total. The minimum absolute atomic E-state index is 0.0602. The third-order valence-electron chi connectivity index (χ3n) is 5.55. The van der Waals surface area contributed by atoms with Gasteiger partial charge >= 0.3 is 6.55 Å². The lowest BCUT2D eigenvalue weighted by Crippen LogP contribution is -2.48. The molecule has 178 valence electrons. The van der Waals surface area contributed by atoms with E-state index in [1.165, 1.54) is 25.3 Å². The van der Waals surface area contributed by atoms with Crippen LogP contribution in [-0.2, 0) is 16.6 Å². The van der Waals surface area contributed by atoms with Crippen molar-refractivity contribution in [1.29, 1.82) is 0 Å². The molecule has 1 aliphatic rings. The van der Waals surface area contributed by atoms with E-state index in [1.807, 2.05) is 6.07 Å². The van der Waals surface area contributed by atoms with E-state index >= 15 is 0 Å². The molecule has 0 aliphatic carbocycles. The number of benzene rings is 1. The average Bonchev–Trinajstić information content (AvgIpc) is 3.08. The lowest BCUT2D eigenvalue weighted by Gasteiger charge is -2.34. The number of methoxy groups -OCH3 is 3. The topological polar surface area (TPSA) is 86.1 Å². The fourth-order valence-corrected chi connectivity index (χ4v) is 5.78. The number of halogens is 2. The average molecular weight is 475 g/mol. The van der Waals surface area contributed by atoms with Gasteiger partial charge in [0, 0.05) is 38.3 Å².